The minimum atomic E-state index is -0.778. The molecule has 0 aliphatic heterocycles. The Morgan fingerprint density at radius 2 is 2.24 bits per heavy atom. The Balaban J connectivity index is 2.06. The van der Waals surface area contributed by atoms with Gasteiger partial charge < -0.3 is 5.11 Å². The molecule has 0 aromatic heterocycles. The molecule has 1 aliphatic rings. The van der Waals surface area contributed by atoms with E-state index in [2.05, 4.69) is 15.9 Å². The van der Waals surface area contributed by atoms with Gasteiger partial charge in [0.25, 0.3) is 0 Å². The Kier molecular flexibility index (Phi) is 4.07. The Hall–Kier alpha value is -0.580. The third kappa shape index (κ3) is 3.69. The normalized spacial score (nSPS) is 15.2. The van der Waals surface area contributed by atoms with Gasteiger partial charge in [0, 0.05) is 17.1 Å². The van der Waals surface area contributed by atoms with Crippen LogP contribution in [0.2, 0.25) is 5.02 Å². The molecule has 92 valence electrons. The third-order valence-electron chi connectivity index (χ3n) is 2.77. The quantitative estimate of drug-likeness (QED) is 0.906. The fourth-order valence-electron chi connectivity index (χ4n) is 1.80. The van der Waals surface area contributed by atoms with Crippen molar-refractivity contribution in [1.82, 2.24) is 4.90 Å². The van der Waals surface area contributed by atoms with E-state index in [1.165, 1.54) is 0 Å². The molecule has 1 aromatic carbocycles. The molecule has 3 nitrogen and oxygen atoms in total. The zero-order valence-electron chi connectivity index (χ0n) is 9.20. The van der Waals surface area contributed by atoms with Crippen LogP contribution in [0.4, 0.5) is 0 Å². The standard InChI is InChI=1S/C12H13BrClNO2/c13-10-4-1-8(5-11(10)14)6-15(7-12(16)17)9-2-3-9/h1,4-5,9H,2-3,6-7H2,(H,16,17). The van der Waals surface area contributed by atoms with Gasteiger partial charge in [-0.25, -0.2) is 0 Å². The van der Waals surface area contributed by atoms with Gasteiger partial charge in [0.1, 0.15) is 0 Å². The highest BCUT2D eigenvalue weighted by molar-refractivity contribution is 9.10. The van der Waals surface area contributed by atoms with Gasteiger partial charge in [-0.3, -0.25) is 9.69 Å². The molecule has 2 rings (SSSR count). The van der Waals surface area contributed by atoms with E-state index in [-0.39, 0.29) is 6.54 Å². The predicted octanol–water partition coefficient (Wildman–Crippen LogP) is 3.15. The van der Waals surface area contributed by atoms with Gasteiger partial charge in [-0.15, -0.1) is 0 Å². The SMILES string of the molecule is O=C(O)CN(Cc1ccc(Br)c(Cl)c1)C1CC1. The first-order chi connectivity index (χ1) is 8.06. The molecule has 1 saturated carbocycles. The number of hydrogen-bond donors (Lipinski definition) is 1. The average Bonchev–Trinajstić information content (AvgIpc) is 3.05. The third-order valence-corrected chi connectivity index (χ3v) is 4.00. The fraction of sp³-hybridized carbons (Fsp3) is 0.417. The van der Waals surface area contributed by atoms with E-state index in [9.17, 15) is 4.79 Å². The van der Waals surface area contributed by atoms with E-state index in [4.69, 9.17) is 16.7 Å². The van der Waals surface area contributed by atoms with Crippen LogP contribution in [0.5, 0.6) is 0 Å². The molecule has 5 heteroatoms. The number of rotatable bonds is 5. The molecule has 1 aliphatic carbocycles. The average molecular weight is 319 g/mol. The summed E-state index contributed by atoms with van der Waals surface area (Å²) in [6.45, 7) is 0.738. The fourth-order valence-corrected chi connectivity index (χ4v) is 2.25. The number of carboxylic acid groups (broad SMARTS) is 1. The molecule has 1 N–H and O–H groups in total. The lowest BCUT2D eigenvalue weighted by Gasteiger charge is -2.19. The highest BCUT2D eigenvalue weighted by Crippen LogP contribution is 2.29. The van der Waals surface area contributed by atoms with Crippen molar-refractivity contribution < 1.29 is 9.90 Å². The topological polar surface area (TPSA) is 40.5 Å². The van der Waals surface area contributed by atoms with Gasteiger partial charge in [-0.05, 0) is 46.5 Å². The molecule has 1 fully saturated rings. The van der Waals surface area contributed by atoms with Crippen molar-refractivity contribution in [3.63, 3.8) is 0 Å². The first-order valence-electron chi connectivity index (χ1n) is 5.46. The molecule has 0 saturated heterocycles. The first kappa shape index (κ1) is 12.9. The summed E-state index contributed by atoms with van der Waals surface area (Å²) in [6, 6.07) is 6.16. The van der Waals surface area contributed by atoms with Gasteiger partial charge in [0.2, 0.25) is 0 Å². The monoisotopic (exact) mass is 317 g/mol. The van der Waals surface area contributed by atoms with Gasteiger partial charge in [0.05, 0.1) is 11.6 Å². The molecule has 17 heavy (non-hydrogen) atoms. The van der Waals surface area contributed by atoms with Gasteiger partial charge in [0.15, 0.2) is 0 Å². The van der Waals surface area contributed by atoms with Crippen molar-refractivity contribution in [1.29, 1.82) is 0 Å². The van der Waals surface area contributed by atoms with Crippen molar-refractivity contribution in [3.05, 3.63) is 33.3 Å². The van der Waals surface area contributed by atoms with Crippen molar-refractivity contribution in [2.24, 2.45) is 0 Å². The van der Waals surface area contributed by atoms with Crippen LogP contribution < -0.4 is 0 Å². The smallest absolute Gasteiger partial charge is 0.317 e. The summed E-state index contributed by atoms with van der Waals surface area (Å²) in [7, 11) is 0. The molecule has 0 heterocycles. The summed E-state index contributed by atoms with van der Waals surface area (Å²) >= 11 is 9.35. The number of hydrogen-bond acceptors (Lipinski definition) is 2. The highest BCUT2D eigenvalue weighted by atomic mass is 79.9. The number of carbonyl (C=O) groups is 1. The van der Waals surface area contributed by atoms with Crippen LogP contribution in [0.3, 0.4) is 0 Å². The number of halogens is 2. The molecular weight excluding hydrogens is 305 g/mol. The lowest BCUT2D eigenvalue weighted by Crippen LogP contribution is -2.31. The summed E-state index contributed by atoms with van der Waals surface area (Å²) in [4.78, 5) is 12.8. The van der Waals surface area contributed by atoms with Crippen LogP contribution in [0, 0.1) is 0 Å². The van der Waals surface area contributed by atoms with E-state index in [0.717, 1.165) is 22.9 Å². The summed E-state index contributed by atoms with van der Waals surface area (Å²) in [5.41, 5.74) is 1.05. The summed E-state index contributed by atoms with van der Waals surface area (Å²) in [5, 5.41) is 9.52. The van der Waals surface area contributed by atoms with Crippen LogP contribution in [0.1, 0.15) is 18.4 Å². The zero-order valence-corrected chi connectivity index (χ0v) is 11.5. The summed E-state index contributed by atoms with van der Waals surface area (Å²) in [6.07, 6.45) is 2.19. The van der Waals surface area contributed by atoms with Crippen LogP contribution in [0.15, 0.2) is 22.7 Å². The van der Waals surface area contributed by atoms with Gasteiger partial charge in [-0.1, -0.05) is 17.7 Å². The second kappa shape index (κ2) is 5.38. The van der Waals surface area contributed by atoms with Crippen molar-refractivity contribution in [3.8, 4) is 0 Å². The largest absolute Gasteiger partial charge is 0.480 e. The summed E-state index contributed by atoms with van der Waals surface area (Å²) < 4.78 is 0.860. The van der Waals surface area contributed by atoms with Crippen LogP contribution in [-0.4, -0.2) is 28.6 Å². The maximum absolute atomic E-state index is 10.8. The Morgan fingerprint density at radius 1 is 1.53 bits per heavy atom. The maximum atomic E-state index is 10.8. The molecule has 1 aromatic rings. The predicted molar refractivity (Wildman–Crippen MR) is 70.2 cm³/mol. The van der Waals surface area contributed by atoms with Crippen LogP contribution in [0.25, 0.3) is 0 Å². The van der Waals surface area contributed by atoms with Gasteiger partial charge >= 0.3 is 5.97 Å². The van der Waals surface area contributed by atoms with Crippen molar-refractivity contribution in [2.45, 2.75) is 25.4 Å². The number of benzene rings is 1. The molecule has 0 amide bonds. The Bertz CT molecular complexity index is 435. The molecular formula is C12H13BrClNO2. The number of nitrogens with zero attached hydrogens (tertiary/aromatic N) is 1. The lowest BCUT2D eigenvalue weighted by atomic mass is 10.2. The minimum Gasteiger partial charge on any atom is -0.480 e. The highest BCUT2D eigenvalue weighted by Gasteiger charge is 2.30. The molecule has 0 radical (unpaired) electrons. The van der Waals surface area contributed by atoms with E-state index < -0.39 is 5.97 Å². The second-order valence-electron chi connectivity index (χ2n) is 4.28. The van der Waals surface area contributed by atoms with E-state index >= 15 is 0 Å². The molecule has 0 spiro atoms. The number of aliphatic carboxylic acids is 1. The zero-order chi connectivity index (χ0) is 12.4. The van der Waals surface area contributed by atoms with Gasteiger partial charge in [-0.2, -0.15) is 0 Å². The lowest BCUT2D eigenvalue weighted by molar-refractivity contribution is -0.138. The number of carboxylic acids is 1. The van der Waals surface area contributed by atoms with E-state index in [1.807, 2.05) is 23.1 Å². The van der Waals surface area contributed by atoms with Crippen LogP contribution >= 0.6 is 27.5 Å². The second-order valence-corrected chi connectivity index (χ2v) is 5.54. The molecule has 0 atom stereocenters. The van der Waals surface area contributed by atoms with Crippen molar-refractivity contribution in [2.75, 3.05) is 6.54 Å². The molecule has 0 unspecified atom stereocenters. The van der Waals surface area contributed by atoms with Crippen LogP contribution in [-0.2, 0) is 11.3 Å². The minimum absolute atomic E-state index is 0.0956. The van der Waals surface area contributed by atoms with E-state index in [0.29, 0.717) is 17.6 Å². The summed E-state index contributed by atoms with van der Waals surface area (Å²) in [5.74, 6) is -0.778. The van der Waals surface area contributed by atoms with E-state index in [1.54, 1.807) is 0 Å². The first-order valence-corrected chi connectivity index (χ1v) is 6.63. The molecule has 0 bridgehead atoms. The Morgan fingerprint density at radius 3 is 2.76 bits per heavy atom. The van der Waals surface area contributed by atoms with Crippen molar-refractivity contribution >= 4 is 33.5 Å². The maximum Gasteiger partial charge on any atom is 0.317 e. The Labute approximate surface area is 114 Å².